The number of benzene rings is 1. The molecule has 5 aromatic rings. The summed E-state index contributed by atoms with van der Waals surface area (Å²) in [6, 6.07) is 12.8. The molecule has 0 aliphatic carbocycles. The van der Waals surface area contributed by atoms with Crippen LogP contribution in [0.3, 0.4) is 0 Å². The van der Waals surface area contributed by atoms with E-state index in [2.05, 4.69) is 47.8 Å². The van der Waals surface area contributed by atoms with Crippen LogP contribution in [0.4, 0.5) is 16.3 Å². The Morgan fingerprint density at radius 2 is 1.73 bits per heavy atom. The number of aryl methyl sites for hydroxylation is 1. The van der Waals surface area contributed by atoms with Gasteiger partial charge in [-0.1, -0.05) is 0 Å². The smallest absolute Gasteiger partial charge is 0.407 e. The first-order valence-electron chi connectivity index (χ1n) is 15.1. The molecule has 0 saturated carbocycles. The zero-order chi connectivity index (χ0) is 30.4. The van der Waals surface area contributed by atoms with Crippen LogP contribution in [0, 0.1) is 6.92 Å². The molecule has 0 spiro atoms. The lowest BCUT2D eigenvalue weighted by Gasteiger charge is -2.39. The van der Waals surface area contributed by atoms with Gasteiger partial charge in [0.2, 0.25) is 0 Å². The van der Waals surface area contributed by atoms with E-state index in [0.29, 0.717) is 17.8 Å². The van der Waals surface area contributed by atoms with Crippen LogP contribution in [0.15, 0.2) is 61.4 Å². The number of ether oxygens (including phenoxy) is 2. The average molecular weight is 596 g/mol. The van der Waals surface area contributed by atoms with Gasteiger partial charge in [-0.25, -0.2) is 23.8 Å². The van der Waals surface area contributed by atoms with Gasteiger partial charge in [-0.3, -0.25) is 4.90 Å². The fourth-order valence-corrected chi connectivity index (χ4v) is 6.52. The number of alkyl carbamates (subject to hydrolysis) is 1. The highest BCUT2D eigenvalue weighted by Crippen LogP contribution is 2.38. The van der Waals surface area contributed by atoms with Gasteiger partial charge < -0.3 is 20.1 Å². The van der Waals surface area contributed by atoms with Crippen LogP contribution in [0.5, 0.6) is 11.5 Å². The first-order valence-corrected chi connectivity index (χ1v) is 15.1. The Hall–Kier alpha value is -4.71. The molecule has 44 heavy (non-hydrogen) atoms. The normalized spacial score (nSPS) is 20.2. The molecule has 1 aromatic carbocycles. The van der Waals surface area contributed by atoms with Crippen molar-refractivity contribution in [2.24, 2.45) is 0 Å². The van der Waals surface area contributed by atoms with E-state index in [1.54, 1.807) is 10.8 Å². The number of hydrogen-bond donors (Lipinski definition) is 2. The molecular formula is C32H37N9O3. The first-order chi connectivity index (χ1) is 21.2. The number of pyridine rings is 1. The number of hydrogen-bond acceptors (Lipinski definition) is 9. The number of nitrogens with one attached hydrogen (secondary N) is 2. The lowest BCUT2D eigenvalue weighted by Crippen LogP contribution is -2.50. The van der Waals surface area contributed by atoms with Gasteiger partial charge >= 0.3 is 6.09 Å². The van der Waals surface area contributed by atoms with E-state index < -0.39 is 5.60 Å². The zero-order valence-corrected chi connectivity index (χ0v) is 25.4. The Bertz CT molecular complexity index is 1810. The molecule has 2 aliphatic heterocycles. The Labute approximate surface area is 255 Å². The van der Waals surface area contributed by atoms with E-state index in [1.165, 1.54) is 11.9 Å². The maximum Gasteiger partial charge on any atom is 0.407 e. The second-order valence-corrected chi connectivity index (χ2v) is 12.7. The Kier molecular flexibility index (Phi) is 7.08. The van der Waals surface area contributed by atoms with Crippen LogP contribution in [-0.4, -0.2) is 63.9 Å². The molecule has 1 amide bonds. The minimum atomic E-state index is -0.503. The number of amides is 1. The van der Waals surface area contributed by atoms with Crippen LogP contribution in [0.25, 0.3) is 11.2 Å². The van der Waals surface area contributed by atoms with Gasteiger partial charge in [0.1, 0.15) is 35.3 Å². The summed E-state index contributed by atoms with van der Waals surface area (Å²) in [6.07, 6.45) is 10.7. The standard InChI is InChI=1S/C32H37N9O3/c1-20-13-22(5-8-27(20)43-26-10-12-40-28(16-26)33-18-35-40)37-30-29-21(9-11-41(29)36-19-34-30)17-39-24-6-7-25(39)15-23(14-24)38-31(42)44-32(2,3)4/h5,8-13,16,18-19,23-25H,6-7,14-15,17H2,1-4H3,(H,38,42)(H,34,36,37)/t23-,24-,25+. The molecule has 228 valence electrons. The minimum absolute atomic E-state index is 0.130. The van der Waals surface area contributed by atoms with E-state index in [9.17, 15) is 4.79 Å². The summed E-state index contributed by atoms with van der Waals surface area (Å²) >= 11 is 0. The lowest BCUT2D eigenvalue weighted by molar-refractivity contribution is 0.0437. The van der Waals surface area contributed by atoms with Crippen molar-refractivity contribution in [1.82, 2.24) is 39.4 Å². The summed E-state index contributed by atoms with van der Waals surface area (Å²) < 4.78 is 15.2. The SMILES string of the molecule is Cc1cc(Nc2ncnn3ccc(CN4[C@@H]5CC[C@H]4C[C@H](NC(=O)OC(C)(C)C)C5)c23)ccc1Oc1ccn2ncnc2c1. The fraction of sp³-hybridized carbons (Fsp3) is 0.406. The molecule has 2 saturated heterocycles. The summed E-state index contributed by atoms with van der Waals surface area (Å²) in [5.74, 6) is 2.21. The first kappa shape index (κ1) is 28.1. The van der Waals surface area contributed by atoms with Crippen molar-refractivity contribution in [3.05, 3.63) is 72.6 Å². The molecule has 12 heteroatoms. The van der Waals surface area contributed by atoms with Gasteiger partial charge in [0.15, 0.2) is 11.5 Å². The molecule has 0 radical (unpaired) electrons. The molecule has 2 fully saturated rings. The third-order valence-electron chi connectivity index (χ3n) is 8.41. The molecular weight excluding hydrogens is 558 g/mol. The molecule has 0 unspecified atom stereocenters. The summed E-state index contributed by atoms with van der Waals surface area (Å²) in [7, 11) is 0. The van der Waals surface area contributed by atoms with Gasteiger partial charge in [-0.05, 0) is 94.8 Å². The van der Waals surface area contributed by atoms with Crippen LogP contribution < -0.4 is 15.4 Å². The van der Waals surface area contributed by atoms with Crippen molar-refractivity contribution in [2.45, 2.75) is 83.6 Å². The Morgan fingerprint density at radius 1 is 0.977 bits per heavy atom. The number of rotatable bonds is 7. The summed E-state index contributed by atoms with van der Waals surface area (Å²) in [4.78, 5) is 23.9. The second kappa shape index (κ2) is 11.1. The molecule has 4 aromatic heterocycles. The zero-order valence-electron chi connectivity index (χ0n) is 25.4. The molecule has 2 aliphatic rings. The maximum absolute atomic E-state index is 12.4. The second-order valence-electron chi connectivity index (χ2n) is 12.7. The van der Waals surface area contributed by atoms with Gasteiger partial charge in [-0.2, -0.15) is 10.2 Å². The van der Waals surface area contributed by atoms with Crippen LogP contribution in [-0.2, 0) is 11.3 Å². The van der Waals surface area contributed by atoms with Gasteiger partial charge in [0, 0.05) is 48.8 Å². The van der Waals surface area contributed by atoms with E-state index in [0.717, 1.165) is 66.2 Å². The molecule has 6 heterocycles. The highest BCUT2D eigenvalue weighted by molar-refractivity contribution is 5.77. The average Bonchev–Trinajstić information content (AvgIpc) is 3.66. The van der Waals surface area contributed by atoms with Crippen molar-refractivity contribution in [3.8, 4) is 11.5 Å². The van der Waals surface area contributed by atoms with Crippen molar-refractivity contribution in [3.63, 3.8) is 0 Å². The topological polar surface area (TPSA) is 123 Å². The highest BCUT2D eigenvalue weighted by atomic mass is 16.6. The van der Waals surface area contributed by atoms with Crippen molar-refractivity contribution < 1.29 is 14.3 Å². The van der Waals surface area contributed by atoms with E-state index in [-0.39, 0.29) is 12.1 Å². The lowest BCUT2D eigenvalue weighted by atomic mass is 9.97. The minimum Gasteiger partial charge on any atom is -0.457 e. The number of carbonyl (C=O) groups is 1. The molecule has 12 nitrogen and oxygen atoms in total. The number of carbonyl (C=O) groups excluding carboxylic acids is 1. The summed E-state index contributed by atoms with van der Waals surface area (Å²) in [5, 5.41) is 15.2. The summed E-state index contributed by atoms with van der Waals surface area (Å²) in [6.45, 7) is 8.49. The van der Waals surface area contributed by atoms with Gasteiger partial charge in [0.05, 0.1) is 0 Å². The van der Waals surface area contributed by atoms with Crippen molar-refractivity contribution >= 4 is 28.8 Å². The fourth-order valence-electron chi connectivity index (χ4n) is 6.52. The number of piperidine rings is 1. The number of nitrogens with zero attached hydrogens (tertiary/aromatic N) is 7. The van der Waals surface area contributed by atoms with E-state index in [1.807, 2.05) is 68.9 Å². The third kappa shape index (κ3) is 5.77. The quantitative estimate of drug-likeness (QED) is 0.246. The summed E-state index contributed by atoms with van der Waals surface area (Å²) in [5.41, 5.74) is 4.24. The molecule has 7 rings (SSSR count). The van der Waals surface area contributed by atoms with Crippen LogP contribution in [0.1, 0.15) is 57.6 Å². The van der Waals surface area contributed by atoms with Gasteiger partial charge in [-0.15, -0.1) is 0 Å². The van der Waals surface area contributed by atoms with Crippen molar-refractivity contribution in [1.29, 1.82) is 0 Å². The number of anilines is 2. The van der Waals surface area contributed by atoms with Crippen LogP contribution in [0.2, 0.25) is 0 Å². The van der Waals surface area contributed by atoms with Crippen LogP contribution >= 0.6 is 0 Å². The van der Waals surface area contributed by atoms with Crippen molar-refractivity contribution in [2.75, 3.05) is 5.32 Å². The van der Waals surface area contributed by atoms with E-state index >= 15 is 0 Å². The molecule has 2 N–H and O–H groups in total. The Morgan fingerprint density at radius 3 is 2.50 bits per heavy atom. The van der Waals surface area contributed by atoms with E-state index in [4.69, 9.17) is 9.47 Å². The third-order valence-corrected chi connectivity index (χ3v) is 8.41. The van der Waals surface area contributed by atoms with Gasteiger partial charge in [0.25, 0.3) is 0 Å². The number of aromatic nitrogens is 6. The number of fused-ring (bicyclic) bond motifs is 4. The predicted molar refractivity (Wildman–Crippen MR) is 165 cm³/mol. The maximum atomic E-state index is 12.4. The Balaban J connectivity index is 1.05. The molecule has 3 atom stereocenters. The predicted octanol–water partition coefficient (Wildman–Crippen LogP) is 5.64. The monoisotopic (exact) mass is 595 g/mol. The molecule has 2 bridgehead atoms. The highest BCUT2D eigenvalue weighted by Gasteiger charge is 2.41. The largest absolute Gasteiger partial charge is 0.457 e.